The van der Waals surface area contributed by atoms with Crippen LogP contribution in [0.3, 0.4) is 0 Å². The molecule has 1 aliphatic rings. The average molecular weight is 352 g/mol. The molecule has 0 fully saturated rings. The second kappa shape index (κ2) is 7.20. The van der Waals surface area contributed by atoms with E-state index < -0.39 is 5.41 Å². The van der Waals surface area contributed by atoms with E-state index in [9.17, 15) is 9.59 Å². The number of amides is 2. The van der Waals surface area contributed by atoms with Crippen LogP contribution in [-0.2, 0) is 16.0 Å². The summed E-state index contributed by atoms with van der Waals surface area (Å²) < 4.78 is 5.79. The standard InChI is InChI=1S/C21H24N2O3/c1-21(2)14-26-18-11-10-16(13-17(18)23(3)20(21)25)22-19(24)12-9-15-7-5-4-6-8-15/h4-8,10-11,13H,9,12,14H2,1-3H3,(H,22,24). The van der Waals surface area contributed by atoms with Crippen LogP contribution in [0, 0.1) is 5.41 Å². The summed E-state index contributed by atoms with van der Waals surface area (Å²) in [6.45, 7) is 4.06. The molecular weight excluding hydrogens is 328 g/mol. The fraction of sp³-hybridized carbons (Fsp3) is 0.333. The maximum absolute atomic E-state index is 12.6. The number of hydrogen-bond donors (Lipinski definition) is 1. The summed E-state index contributed by atoms with van der Waals surface area (Å²) in [5.74, 6) is 0.579. The molecule has 2 aromatic carbocycles. The first-order valence-electron chi connectivity index (χ1n) is 8.75. The van der Waals surface area contributed by atoms with Gasteiger partial charge >= 0.3 is 0 Å². The zero-order valence-electron chi connectivity index (χ0n) is 15.4. The third-order valence-electron chi connectivity index (χ3n) is 4.56. The minimum Gasteiger partial charge on any atom is -0.490 e. The van der Waals surface area contributed by atoms with Crippen LogP contribution in [0.25, 0.3) is 0 Å². The van der Waals surface area contributed by atoms with Crippen LogP contribution < -0.4 is 15.0 Å². The lowest BCUT2D eigenvalue weighted by atomic mass is 9.93. The molecule has 0 saturated heterocycles. The second-order valence-electron chi connectivity index (χ2n) is 7.25. The highest BCUT2D eigenvalue weighted by Gasteiger charge is 2.36. The molecule has 0 aliphatic carbocycles. The van der Waals surface area contributed by atoms with Gasteiger partial charge in [0.25, 0.3) is 0 Å². The molecule has 3 rings (SSSR count). The quantitative estimate of drug-likeness (QED) is 0.914. The minimum atomic E-state index is -0.590. The number of rotatable bonds is 4. The zero-order valence-corrected chi connectivity index (χ0v) is 15.4. The number of hydrogen-bond acceptors (Lipinski definition) is 3. The van der Waals surface area contributed by atoms with Gasteiger partial charge in [0.2, 0.25) is 11.8 Å². The molecule has 0 aromatic heterocycles. The van der Waals surface area contributed by atoms with Crippen molar-refractivity contribution in [1.82, 2.24) is 0 Å². The Balaban J connectivity index is 1.70. The smallest absolute Gasteiger partial charge is 0.235 e. The summed E-state index contributed by atoms with van der Waals surface area (Å²) >= 11 is 0. The van der Waals surface area contributed by atoms with Crippen molar-refractivity contribution in [2.24, 2.45) is 5.41 Å². The Labute approximate surface area is 154 Å². The number of benzene rings is 2. The van der Waals surface area contributed by atoms with Gasteiger partial charge < -0.3 is 15.0 Å². The SMILES string of the molecule is CN1C(=O)C(C)(C)COc2ccc(NC(=O)CCc3ccccc3)cc21. The lowest BCUT2D eigenvalue weighted by molar-refractivity contribution is -0.127. The van der Waals surface area contributed by atoms with Crippen molar-refractivity contribution in [3.63, 3.8) is 0 Å². The predicted octanol–water partition coefficient (Wildman–Crippen LogP) is 3.64. The van der Waals surface area contributed by atoms with Crippen molar-refractivity contribution in [1.29, 1.82) is 0 Å². The van der Waals surface area contributed by atoms with Gasteiger partial charge in [0, 0.05) is 19.2 Å². The lowest BCUT2D eigenvalue weighted by Gasteiger charge is -2.24. The Bertz CT molecular complexity index is 815. The molecule has 0 saturated carbocycles. The average Bonchev–Trinajstić information content (AvgIpc) is 2.72. The Morgan fingerprint density at radius 3 is 2.65 bits per heavy atom. The normalized spacial score (nSPS) is 15.7. The topological polar surface area (TPSA) is 58.6 Å². The molecule has 0 bridgehead atoms. The van der Waals surface area contributed by atoms with E-state index in [0.717, 1.165) is 5.56 Å². The first kappa shape index (κ1) is 18.0. The number of carbonyl (C=O) groups excluding carboxylic acids is 2. The maximum Gasteiger partial charge on any atom is 0.235 e. The number of carbonyl (C=O) groups is 2. The summed E-state index contributed by atoms with van der Waals surface area (Å²) in [6, 6.07) is 15.3. The number of ether oxygens (including phenoxy) is 1. The lowest BCUT2D eigenvalue weighted by Crippen LogP contribution is -2.39. The fourth-order valence-corrected chi connectivity index (χ4v) is 2.99. The van der Waals surface area contributed by atoms with E-state index in [2.05, 4.69) is 5.32 Å². The van der Waals surface area contributed by atoms with E-state index in [0.29, 0.717) is 36.6 Å². The first-order valence-corrected chi connectivity index (χ1v) is 8.75. The first-order chi connectivity index (χ1) is 12.4. The maximum atomic E-state index is 12.6. The van der Waals surface area contributed by atoms with Gasteiger partial charge in [-0.3, -0.25) is 9.59 Å². The number of nitrogens with one attached hydrogen (secondary N) is 1. The number of anilines is 2. The van der Waals surface area contributed by atoms with E-state index in [1.165, 1.54) is 0 Å². The van der Waals surface area contributed by atoms with Crippen molar-refractivity contribution < 1.29 is 14.3 Å². The van der Waals surface area contributed by atoms with Crippen LogP contribution in [0.5, 0.6) is 5.75 Å². The Morgan fingerprint density at radius 2 is 1.92 bits per heavy atom. The molecule has 2 aromatic rings. The minimum absolute atomic E-state index is 0.0104. The van der Waals surface area contributed by atoms with Crippen molar-refractivity contribution >= 4 is 23.2 Å². The molecule has 136 valence electrons. The molecule has 0 unspecified atom stereocenters. The van der Waals surface area contributed by atoms with Gasteiger partial charge in [0.05, 0.1) is 11.1 Å². The van der Waals surface area contributed by atoms with E-state index in [1.54, 1.807) is 30.1 Å². The summed E-state index contributed by atoms with van der Waals surface area (Å²) in [4.78, 5) is 26.4. The van der Waals surface area contributed by atoms with Gasteiger partial charge in [0.15, 0.2) is 0 Å². The Kier molecular flexibility index (Phi) is 4.98. The third-order valence-corrected chi connectivity index (χ3v) is 4.56. The highest BCUT2D eigenvalue weighted by molar-refractivity contribution is 6.00. The van der Waals surface area contributed by atoms with E-state index >= 15 is 0 Å². The molecule has 0 atom stereocenters. The summed E-state index contributed by atoms with van der Waals surface area (Å²) in [5.41, 5.74) is 1.86. The zero-order chi connectivity index (χ0) is 18.7. The molecule has 2 amide bonds. The van der Waals surface area contributed by atoms with Crippen LogP contribution in [-0.4, -0.2) is 25.5 Å². The van der Waals surface area contributed by atoms with E-state index in [4.69, 9.17) is 4.74 Å². The van der Waals surface area contributed by atoms with Gasteiger partial charge in [-0.25, -0.2) is 0 Å². The molecule has 0 spiro atoms. The van der Waals surface area contributed by atoms with Crippen LogP contribution in [0.15, 0.2) is 48.5 Å². The largest absolute Gasteiger partial charge is 0.490 e. The third kappa shape index (κ3) is 3.87. The molecule has 5 heteroatoms. The fourth-order valence-electron chi connectivity index (χ4n) is 2.99. The van der Waals surface area contributed by atoms with Crippen LogP contribution in [0.4, 0.5) is 11.4 Å². The van der Waals surface area contributed by atoms with Crippen LogP contribution >= 0.6 is 0 Å². The van der Waals surface area contributed by atoms with Crippen molar-refractivity contribution in [3.05, 3.63) is 54.1 Å². The van der Waals surface area contributed by atoms with Crippen molar-refractivity contribution in [2.75, 3.05) is 23.9 Å². The van der Waals surface area contributed by atoms with Crippen molar-refractivity contribution in [3.8, 4) is 5.75 Å². The van der Waals surface area contributed by atoms with Crippen LogP contribution in [0.1, 0.15) is 25.8 Å². The van der Waals surface area contributed by atoms with Crippen molar-refractivity contribution in [2.45, 2.75) is 26.7 Å². The summed E-state index contributed by atoms with van der Waals surface area (Å²) in [7, 11) is 1.73. The van der Waals surface area contributed by atoms with Gasteiger partial charge in [-0.1, -0.05) is 30.3 Å². The molecule has 26 heavy (non-hydrogen) atoms. The molecule has 1 aliphatic heterocycles. The summed E-state index contributed by atoms with van der Waals surface area (Å²) in [6.07, 6.45) is 1.09. The highest BCUT2D eigenvalue weighted by Crippen LogP contribution is 2.37. The van der Waals surface area contributed by atoms with Gasteiger partial charge in [-0.2, -0.15) is 0 Å². The number of fused-ring (bicyclic) bond motifs is 1. The number of nitrogens with zero attached hydrogens (tertiary/aromatic N) is 1. The number of aryl methyl sites for hydroxylation is 1. The molecule has 1 heterocycles. The predicted molar refractivity (Wildman–Crippen MR) is 103 cm³/mol. The summed E-state index contributed by atoms with van der Waals surface area (Å²) in [5, 5.41) is 2.91. The van der Waals surface area contributed by atoms with E-state index in [1.807, 2.05) is 44.2 Å². The molecular formula is C21H24N2O3. The van der Waals surface area contributed by atoms with Crippen LogP contribution in [0.2, 0.25) is 0 Å². The van der Waals surface area contributed by atoms with E-state index in [-0.39, 0.29) is 11.8 Å². The molecule has 1 N–H and O–H groups in total. The molecule has 0 radical (unpaired) electrons. The van der Waals surface area contributed by atoms with Gasteiger partial charge in [-0.15, -0.1) is 0 Å². The van der Waals surface area contributed by atoms with Gasteiger partial charge in [-0.05, 0) is 44.0 Å². The monoisotopic (exact) mass is 352 g/mol. The highest BCUT2D eigenvalue weighted by atomic mass is 16.5. The Morgan fingerprint density at radius 1 is 1.19 bits per heavy atom. The second-order valence-corrected chi connectivity index (χ2v) is 7.25. The Hall–Kier alpha value is -2.82. The molecule has 5 nitrogen and oxygen atoms in total. The van der Waals surface area contributed by atoms with Gasteiger partial charge in [0.1, 0.15) is 12.4 Å².